The van der Waals surface area contributed by atoms with Gasteiger partial charge in [0.1, 0.15) is 17.3 Å². The molecule has 0 N–H and O–H groups in total. The highest BCUT2D eigenvalue weighted by Crippen LogP contribution is 2.33. The number of rotatable bonds is 3. The normalized spacial score (nSPS) is 17.3. The van der Waals surface area contributed by atoms with Gasteiger partial charge in [0.2, 0.25) is 17.6 Å². The van der Waals surface area contributed by atoms with Crippen LogP contribution in [0, 0.1) is 11.6 Å². The predicted molar refractivity (Wildman–Crippen MR) is 83.6 cm³/mol. The minimum absolute atomic E-state index is 0.0831. The maximum absolute atomic E-state index is 13.9. The summed E-state index contributed by atoms with van der Waals surface area (Å²) >= 11 is 0. The molecule has 3 heterocycles. The molecule has 0 spiro atoms. The number of carbonyl (C=O) groups excluding carboxylic acids is 1. The van der Waals surface area contributed by atoms with Crippen molar-refractivity contribution >= 4 is 11.6 Å². The molecule has 1 fully saturated rings. The molecule has 0 aliphatic carbocycles. The molecule has 4 rings (SSSR count). The average Bonchev–Trinajstić information content (AvgIpc) is 3.25. The molecule has 0 saturated carbocycles. The molecule has 0 radical (unpaired) electrons. The van der Waals surface area contributed by atoms with Crippen LogP contribution in [0.15, 0.2) is 47.1 Å². The number of carbonyl (C=O) groups is 1. The highest BCUT2D eigenvalue weighted by atomic mass is 19.1. The van der Waals surface area contributed by atoms with Crippen molar-refractivity contribution in [3.8, 4) is 11.5 Å². The predicted octanol–water partition coefficient (Wildman–Crippen LogP) is 2.93. The van der Waals surface area contributed by atoms with Gasteiger partial charge in [-0.05, 0) is 24.3 Å². The van der Waals surface area contributed by atoms with Crippen LogP contribution in [-0.4, -0.2) is 27.6 Å². The van der Waals surface area contributed by atoms with E-state index in [9.17, 15) is 13.6 Å². The first-order chi connectivity index (χ1) is 12.1. The van der Waals surface area contributed by atoms with Crippen LogP contribution in [0.3, 0.4) is 0 Å². The first-order valence-electron chi connectivity index (χ1n) is 7.62. The Labute approximate surface area is 141 Å². The lowest BCUT2D eigenvalue weighted by Gasteiger charge is -2.16. The van der Waals surface area contributed by atoms with Gasteiger partial charge in [-0.15, -0.1) is 0 Å². The Hall–Kier alpha value is -3.16. The van der Waals surface area contributed by atoms with Gasteiger partial charge >= 0.3 is 0 Å². The minimum atomic E-state index is -0.657. The lowest BCUT2D eigenvalue weighted by Crippen LogP contribution is -2.25. The Morgan fingerprint density at radius 3 is 2.88 bits per heavy atom. The standard InChI is InChI=1S/C17H12F2N4O2/c18-11-4-5-12(19)14(8-11)23-9-10(7-15(23)24)17-21-16(22-25-17)13-3-1-2-6-20-13/h1-6,8,10H,7,9H2. The van der Waals surface area contributed by atoms with Crippen molar-refractivity contribution in [2.24, 2.45) is 0 Å². The summed E-state index contributed by atoms with van der Waals surface area (Å²) in [6, 6.07) is 8.31. The smallest absolute Gasteiger partial charge is 0.232 e. The number of halogens is 2. The van der Waals surface area contributed by atoms with E-state index in [1.807, 2.05) is 0 Å². The fourth-order valence-corrected chi connectivity index (χ4v) is 2.80. The summed E-state index contributed by atoms with van der Waals surface area (Å²) in [5.74, 6) is -1.39. The number of benzene rings is 1. The van der Waals surface area contributed by atoms with Gasteiger partial charge in [-0.1, -0.05) is 11.2 Å². The number of anilines is 1. The quantitative estimate of drug-likeness (QED) is 0.732. The lowest BCUT2D eigenvalue weighted by atomic mass is 10.1. The zero-order valence-electron chi connectivity index (χ0n) is 12.9. The van der Waals surface area contributed by atoms with Gasteiger partial charge in [0, 0.05) is 25.2 Å². The third-order valence-corrected chi connectivity index (χ3v) is 4.01. The molecule has 3 aromatic rings. The minimum Gasteiger partial charge on any atom is -0.339 e. The highest BCUT2D eigenvalue weighted by Gasteiger charge is 2.36. The number of nitrogens with zero attached hydrogens (tertiary/aromatic N) is 4. The Bertz CT molecular complexity index is 929. The lowest BCUT2D eigenvalue weighted by molar-refractivity contribution is -0.117. The monoisotopic (exact) mass is 342 g/mol. The van der Waals surface area contributed by atoms with E-state index in [-0.39, 0.29) is 36.4 Å². The fraction of sp³-hybridized carbons (Fsp3) is 0.176. The van der Waals surface area contributed by atoms with Crippen LogP contribution in [0.25, 0.3) is 11.5 Å². The van der Waals surface area contributed by atoms with E-state index in [1.165, 1.54) is 4.90 Å². The molecular weight excluding hydrogens is 330 g/mol. The molecule has 0 bridgehead atoms. The number of amides is 1. The second kappa shape index (κ2) is 6.04. The number of hydrogen-bond donors (Lipinski definition) is 0. The zero-order chi connectivity index (χ0) is 17.4. The first kappa shape index (κ1) is 15.4. The van der Waals surface area contributed by atoms with Gasteiger partial charge in [-0.25, -0.2) is 8.78 Å². The van der Waals surface area contributed by atoms with Gasteiger partial charge in [-0.3, -0.25) is 9.78 Å². The van der Waals surface area contributed by atoms with Crippen molar-refractivity contribution in [3.05, 3.63) is 60.1 Å². The van der Waals surface area contributed by atoms with Crippen LogP contribution >= 0.6 is 0 Å². The van der Waals surface area contributed by atoms with Crippen molar-refractivity contribution in [1.82, 2.24) is 15.1 Å². The van der Waals surface area contributed by atoms with E-state index in [4.69, 9.17) is 4.52 Å². The molecular formula is C17H12F2N4O2. The molecule has 2 aromatic heterocycles. The SMILES string of the molecule is O=C1CC(c2nc(-c3ccccn3)no2)CN1c1cc(F)ccc1F. The summed E-state index contributed by atoms with van der Waals surface area (Å²) in [4.78, 5) is 21.8. The van der Waals surface area contributed by atoms with E-state index in [0.29, 0.717) is 11.5 Å². The van der Waals surface area contributed by atoms with E-state index in [2.05, 4.69) is 15.1 Å². The van der Waals surface area contributed by atoms with Crippen molar-refractivity contribution in [2.45, 2.75) is 12.3 Å². The molecule has 25 heavy (non-hydrogen) atoms. The second-order valence-electron chi connectivity index (χ2n) is 5.67. The van der Waals surface area contributed by atoms with E-state index in [1.54, 1.807) is 24.4 Å². The van der Waals surface area contributed by atoms with Crippen molar-refractivity contribution in [2.75, 3.05) is 11.4 Å². The van der Waals surface area contributed by atoms with Crippen LogP contribution in [0.5, 0.6) is 0 Å². The largest absolute Gasteiger partial charge is 0.339 e. The first-order valence-corrected chi connectivity index (χ1v) is 7.62. The van der Waals surface area contributed by atoms with Gasteiger partial charge in [0.15, 0.2) is 0 Å². The van der Waals surface area contributed by atoms with Gasteiger partial charge in [-0.2, -0.15) is 4.98 Å². The summed E-state index contributed by atoms with van der Waals surface area (Å²) in [6.45, 7) is 0.142. The van der Waals surface area contributed by atoms with Crippen LogP contribution in [0.4, 0.5) is 14.5 Å². The van der Waals surface area contributed by atoms with E-state index >= 15 is 0 Å². The number of pyridine rings is 1. The van der Waals surface area contributed by atoms with Crippen molar-refractivity contribution < 1.29 is 18.1 Å². The molecule has 1 saturated heterocycles. The summed E-state index contributed by atoms with van der Waals surface area (Å²) in [5, 5.41) is 3.87. The molecule has 1 amide bonds. The second-order valence-corrected chi connectivity index (χ2v) is 5.67. The Kier molecular flexibility index (Phi) is 3.72. The topological polar surface area (TPSA) is 72.1 Å². The van der Waals surface area contributed by atoms with Crippen LogP contribution in [0.1, 0.15) is 18.2 Å². The number of hydrogen-bond acceptors (Lipinski definition) is 5. The Morgan fingerprint density at radius 1 is 1.20 bits per heavy atom. The average molecular weight is 342 g/mol. The third kappa shape index (κ3) is 2.86. The molecule has 1 aromatic carbocycles. The van der Waals surface area contributed by atoms with Crippen LogP contribution in [0.2, 0.25) is 0 Å². The third-order valence-electron chi connectivity index (χ3n) is 4.01. The Morgan fingerprint density at radius 2 is 2.08 bits per heavy atom. The molecule has 1 unspecified atom stereocenters. The molecule has 1 aliphatic rings. The Balaban J connectivity index is 1.59. The highest BCUT2D eigenvalue weighted by molar-refractivity contribution is 5.96. The van der Waals surface area contributed by atoms with Gasteiger partial charge < -0.3 is 9.42 Å². The molecule has 1 aliphatic heterocycles. The molecule has 1 atom stereocenters. The van der Waals surface area contributed by atoms with Gasteiger partial charge in [0.05, 0.1) is 11.6 Å². The van der Waals surface area contributed by atoms with Crippen LogP contribution < -0.4 is 4.90 Å². The van der Waals surface area contributed by atoms with E-state index in [0.717, 1.165) is 18.2 Å². The number of aromatic nitrogens is 3. The summed E-state index contributed by atoms with van der Waals surface area (Å²) < 4.78 is 32.6. The van der Waals surface area contributed by atoms with Crippen molar-refractivity contribution in [3.63, 3.8) is 0 Å². The molecule has 8 heteroatoms. The fourth-order valence-electron chi connectivity index (χ4n) is 2.80. The summed E-state index contributed by atoms with van der Waals surface area (Å²) in [7, 11) is 0. The molecule has 6 nitrogen and oxygen atoms in total. The van der Waals surface area contributed by atoms with E-state index < -0.39 is 11.6 Å². The summed E-state index contributed by atoms with van der Waals surface area (Å²) in [6.07, 6.45) is 1.69. The maximum atomic E-state index is 13.9. The van der Waals surface area contributed by atoms with Crippen LogP contribution in [-0.2, 0) is 4.79 Å². The van der Waals surface area contributed by atoms with Gasteiger partial charge in [0.25, 0.3) is 0 Å². The molecule has 126 valence electrons. The van der Waals surface area contributed by atoms with Crippen molar-refractivity contribution in [1.29, 1.82) is 0 Å². The maximum Gasteiger partial charge on any atom is 0.232 e. The summed E-state index contributed by atoms with van der Waals surface area (Å²) in [5.41, 5.74) is 0.465. The zero-order valence-corrected chi connectivity index (χ0v) is 12.9.